The molecule has 2 nitrogen and oxygen atoms in total. The van der Waals surface area contributed by atoms with Crippen molar-refractivity contribution in [1.82, 2.24) is 4.98 Å². The molecule has 1 aromatic rings. The molecule has 12 heavy (non-hydrogen) atoms. The molecule has 0 saturated heterocycles. The highest BCUT2D eigenvalue weighted by molar-refractivity contribution is 5.23. The zero-order valence-electron chi connectivity index (χ0n) is 7.34. The average Bonchev–Trinajstić information content (AvgIpc) is 2.50. The second-order valence-corrected chi connectivity index (χ2v) is 4.23. The summed E-state index contributed by atoms with van der Waals surface area (Å²) in [4.78, 5) is 4.34. The van der Waals surface area contributed by atoms with Crippen LogP contribution in [0, 0.1) is 12.8 Å². The zero-order chi connectivity index (χ0) is 8.18. The Morgan fingerprint density at radius 3 is 3.08 bits per heavy atom. The number of hydrogen-bond acceptors (Lipinski definition) is 2. The van der Waals surface area contributed by atoms with E-state index < -0.39 is 0 Å². The summed E-state index contributed by atoms with van der Waals surface area (Å²) >= 11 is 0. The van der Waals surface area contributed by atoms with Gasteiger partial charge in [0.2, 0.25) is 5.89 Å². The van der Waals surface area contributed by atoms with E-state index in [0.29, 0.717) is 5.41 Å². The Morgan fingerprint density at radius 2 is 2.58 bits per heavy atom. The normalized spacial score (nSPS) is 38.2. The second kappa shape index (κ2) is 1.93. The Balaban J connectivity index is 1.99. The molecule has 0 amide bonds. The number of aryl methyl sites for hydroxylation is 1. The molecular formula is C10H13NO. The maximum atomic E-state index is 5.60. The van der Waals surface area contributed by atoms with Gasteiger partial charge in [0.15, 0.2) is 0 Å². The third kappa shape index (κ3) is 0.680. The summed E-state index contributed by atoms with van der Waals surface area (Å²) in [6, 6.07) is 0. The molecule has 1 heterocycles. The number of aromatic nitrogens is 1. The lowest BCUT2D eigenvalue weighted by Crippen LogP contribution is -2.04. The highest BCUT2D eigenvalue weighted by atomic mass is 16.4. The van der Waals surface area contributed by atoms with Gasteiger partial charge in [0.1, 0.15) is 5.76 Å². The first-order valence-corrected chi connectivity index (χ1v) is 4.74. The minimum atomic E-state index is 0.397. The van der Waals surface area contributed by atoms with Crippen LogP contribution in [0.5, 0.6) is 0 Å². The van der Waals surface area contributed by atoms with Gasteiger partial charge in [0.05, 0.1) is 11.6 Å². The third-order valence-corrected chi connectivity index (χ3v) is 3.45. The molecule has 2 unspecified atom stereocenters. The van der Waals surface area contributed by atoms with E-state index >= 15 is 0 Å². The summed E-state index contributed by atoms with van der Waals surface area (Å²) in [6.07, 6.45) is 7.23. The molecule has 1 aromatic heterocycles. The van der Waals surface area contributed by atoms with Gasteiger partial charge in [0.25, 0.3) is 0 Å². The van der Waals surface area contributed by atoms with Gasteiger partial charge in [-0.15, -0.1) is 0 Å². The molecule has 0 aromatic carbocycles. The summed E-state index contributed by atoms with van der Waals surface area (Å²) in [5, 5.41) is 0. The van der Waals surface area contributed by atoms with Crippen molar-refractivity contribution in [2.24, 2.45) is 5.92 Å². The van der Waals surface area contributed by atoms with Crippen molar-refractivity contribution in [3.8, 4) is 0 Å². The molecule has 2 heteroatoms. The molecule has 0 N–H and O–H groups in total. The van der Waals surface area contributed by atoms with Gasteiger partial charge in [-0.25, -0.2) is 4.98 Å². The predicted molar refractivity (Wildman–Crippen MR) is 44.9 cm³/mol. The quantitative estimate of drug-likeness (QED) is 0.635. The highest BCUT2D eigenvalue weighted by Gasteiger charge is 2.60. The van der Waals surface area contributed by atoms with Crippen molar-refractivity contribution in [1.29, 1.82) is 0 Å². The molecule has 0 radical (unpaired) electrons. The molecule has 0 aliphatic heterocycles. The fraction of sp³-hybridized carbons (Fsp3) is 0.700. The van der Waals surface area contributed by atoms with Crippen LogP contribution in [-0.2, 0) is 5.41 Å². The summed E-state index contributed by atoms with van der Waals surface area (Å²) in [6.45, 7) is 1.97. The molecule has 2 atom stereocenters. The van der Waals surface area contributed by atoms with E-state index in [1.165, 1.54) is 25.7 Å². The van der Waals surface area contributed by atoms with Gasteiger partial charge in [-0.05, 0) is 32.1 Å². The first-order chi connectivity index (χ1) is 5.81. The van der Waals surface area contributed by atoms with E-state index in [0.717, 1.165) is 17.6 Å². The molecule has 0 bridgehead atoms. The highest BCUT2D eigenvalue weighted by Crippen LogP contribution is 2.63. The Bertz CT molecular complexity index is 317. The van der Waals surface area contributed by atoms with E-state index in [1.807, 2.05) is 13.1 Å². The maximum absolute atomic E-state index is 5.60. The lowest BCUT2D eigenvalue weighted by atomic mass is 10.0. The molecule has 2 aliphatic rings. The summed E-state index contributed by atoms with van der Waals surface area (Å²) in [5.74, 6) is 2.87. The van der Waals surface area contributed by atoms with E-state index in [2.05, 4.69) is 4.98 Å². The smallest absolute Gasteiger partial charge is 0.200 e. The predicted octanol–water partition coefficient (Wildman–Crippen LogP) is 2.42. The van der Waals surface area contributed by atoms with Crippen LogP contribution in [0.4, 0.5) is 0 Å². The van der Waals surface area contributed by atoms with Crippen molar-refractivity contribution in [3.05, 3.63) is 17.8 Å². The van der Waals surface area contributed by atoms with Crippen LogP contribution in [-0.4, -0.2) is 4.98 Å². The van der Waals surface area contributed by atoms with Gasteiger partial charge in [-0.2, -0.15) is 0 Å². The van der Waals surface area contributed by atoms with Crippen molar-refractivity contribution in [2.75, 3.05) is 0 Å². The van der Waals surface area contributed by atoms with E-state index in [4.69, 9.17) is 4.42 Å². The van der Waals surface area contributed by atoms with Crippen LogP contribution in [0.15, 0.2) is 10.6 Å². The maximum Gasteiger partial charge on any atom is 0.200 e. The lowest BCUT2D eigenvalue weighted by molar-refractivity contribution is 0.409. The first-order valence-electron chi connectivity index (χ1n) is 4.74. The fourth-order valence-corrected chi connectivity index (χ4v) is 2.68. The zero-order valence-corrected chi connectivity index (χ0v) is 7.34. The SMILES string of the molecule is Cc1cnc(C23CCCC2C3)o1. The number of fused-ring (bicyclic) bond motifs is 1. The van der Waals surface area contributed by atoms with Gasteiger partial charge in [-0.1, -0.05) is 6.42 Å². The number of rotatable bonds is 1. The molecular weight excluding hydrogens is 150 g/mol. The molecule has 64 valence electrons. The number of hydrogen-bond donors (Lipinski definition) is 0. The van der Waals surface area contributed by atoms with Crippen molar-refractivity contribution in [3.63, 3.8) is 0 Å². The second-order valence-electron chi connectivity index (χ2n) is 4.23. The van der Waals surface area contributed by atoms with Gasteiger partial charge < -0.3 is 4.42 Å². The summed E-state index contributed by atoms with van der Waals surface area (Å²) < 4.78 is 5.60. The van der Waals surface area contributed by atoms with Crippen LogP contribution in [0.2, 0.25) is 0 Å². The van der Waals surface area contributed by atoms with E-state index in [1.54, 1.807) is 0 Å². The minimum Gasteiger partial charge on any atom is -0.445 e. The molecule has 3 rings (SSSR count). The fourth-order valence-electron chi connectivity index (χ4n) is 2.68. The van der Waals surface area contributed by atoms with Crippen molar-refractivity contribution < 1.29 is 4.42 Å². The number of nitrogens with zero attached hydrogens (tertiary/aromatic N) is 1. The van der Waals surface area contributed by atoms with E-state index in [-0.39, 0.29) is 0 Å². The van der Waals surface area contributed by atoms with Crippen LogP contribution in [0.25, 0.3) is 0 Å². The van der Waals surface area contributed by atoms with Gasteiger partial charge >= 0.3 is 0 Å². The van der Waals surface area contributed by atoms with Crippen molar-refractivity contribution >= 4 is 0 Å². The summed E-state index contributed by atoms with van der Waals surface area (Å²) in [7, 11) is 0. The Hall–Kier alpha value is -0.790. The third-order valence-electron chi connectivity index (χ3n) is 3.45. The van der Waals surface area contributed by atoms with Crippen LogP contribution >= 0.6 is 0 Å². The standard InChI is InChI=1S/C10H13NO/c1-7-6-11-9(12-7)10-4-2-3-8(10)5-10/h6,8H,2-5H2,1H3. The van der Waals surface area contributed by atoms with Crippen LogP contribution < -0.4 is 0 Å². The Labute approximate surface area is 72.0 Å². The van der Waals surface area contributed by atoms with Crippen LogP contribution in [0.1, 0.15) is 37.3 Å². The minimum absolute atomic E-state index is 0.397. The Morgan fingerprint density at radius 1 is 1.67 bits per heavy atom. The monoisotopic (exact) mass is 163 g/mol. The molecule has 2 saturated carbocycles. The largest absolute Gasteiger partial charge is 0.445 e. The molecule has 2 fully saturated rings. The van der Waals surface area contributed by atoms with Gasteiger partial charge in [-0.3, -0.25) is 0 Å². The molecule has 0 spiro atoms. The average molecular weight is 163 g/mol. The van der Waals surface area contributed by atoms with E-state index in [9.17, 15) is 0 Å². The Kier molecular flexibility index (Phi) is 1.07. The van der Waals surface area contributed by atoms with Crippen molar-refractivity contribution in [2.45, 2.75) is 38.0 Å². The molecule has 2 aliphatic carbocycles. The topological polar surface area (TPSA) is 26.0 Å². The first kappa shape index (κ1) is 6.70. The van der Waals surface area contributed by atoms with Crippen LogP contribution in [0.3, 0.4) is 0 Å². The number of oxazole rings is 1. The summed E-state index contributed by atoms with van der Waals surface area (Å²) in [5.41, 5.74) is 0.397. The van der Waals surface area contributed by atoms with Gasteiger partial charge in [0, 0.05) is 0 Å². The lowest BCUT2D eigenvalue weighted by Gasteiger charge is -2.04.